The van der Waals surface area contributed by atoms with Crippen molar-refractivity contribution in [3.8, 4) is 5.75 Å². The number of rotatable bonds is 4. The second kappa shape index (κ2) is 8.28. The zero-order valence-corrected chi connectivity index (χ0v) is 18.1. The summed E-state index contributed by atoms with van der Waals surface area (Å²) in [6.45, 7) is 5.51. The van der Waals surface area contributed by atoms with Crippen molar-refractivity contribution in [2.24, 2.45) is 0 Å². The van der Waals surface area contributed by atoms with Crippen LogP contribution in [-0.4, -0.2) is 69.2 Å². The number of hydrogen-bond acceptors (Lipinski definition) is 5. The molecular formula is C22H27N3O4S. The fourth-order valence-corrected chi connectivity index (χ4v) is 4.88. The van der Waals surface area contributed by atoms with Gasteiger partial charge in [-0.15, -0.1) is 0 Å². The van der Waals surface area contributed by atoms with Gasteiger partial charge in [0.25, 0.3) is 5.91 Å². The summed E-state index contributed by atoms with van der Waals surface area (Å²) < 4.78 is 31.9. The predicted molar refractivity (Wildman–Crippen MR) is 116 cm³/mol. The average Bonchev–Trinajstić information content (AvgIpc) is 2.73. The Balaban J connectivity index is 1.43. The van der Waals surface area contributed by atoms with E-state index in [4.69, 9.17) is 4.74 Å². The van der Waals surface area contributed by atoms with E-state index >= 15 is 0 Å². The minimum absolute atomic E-state index is 0.00164. The number of benzene rings is 2. The third-order valence-corrected chi connectivity index (χ3v) is 6.74. The maximum Gasteiger partial charge on any atom is 0.265 e. The van der Waals surface area contributed by atoms with Gasteiger partial charge in [-0.2, -0.15) is 0 Å². The lowest BCUT2D eigenvalue weighted by Gasteiger charge is -2.39. The lowest BCUT2D eigenvalue weighted by molar-refractivity contribution is -0.140. The molecule has 0 bridgehead atoms. The first-order valence-electron chi connectivity index (χ1n) is 10.1. The monoisotopic (exact) mass is 429 g/mol. The predicted octanol–water partition coefficient (Wildman–Crippen LogP) is 1.87. The van der Waals surface area contributed by atoms with Crippen LogP contribution in [0.25, 0.3) is 0 Å². The first kappa shape index (κ1) is 20.7. The van der Waals surface area contributed by atoms with E-state index in [0.717, 1.165) is 31.5 Å². The fourth-order valence-electron chi connectivity index (χ4n) is 3.98. The van der Waals surface area contributed by atoms with E-state index in [9.17, 15) is 13.2 Å². The largest absolute Gasteiger partial charge is 0.476 e. The summed E-state index contributed by atoms with van der Waals surface area (Å²) in [7, 11) is -3.52. The molecule has 2 aliphatic heterocycles. The van der Waals surface area contributed by atoms with Crippen molar-refractivity contribution in [3.63, 3.8) is 0 Å². The molecule has 2 heterocycles. The zero-order valence-electron chi connectivity index (χ0n) is 17.3. The van der Waals surface area contributed by atoms with Crippen LogP contribution in [0.3, 0.4) is 0 Å². The van der Waals surface area contributed by atoms with Crippen molar-refractivity contribution in [2.75, 3.05) is 43.3 Å². The highest BCUT2D eigenvalue weighted by molar-refractivity contribution is 7.92. The normalized spacial score (nSPS) is 19.9. The van der Waals surface area contributed by atoms with Gasteiger partial charge in [0.05, 0.1) is 18.5 Å². The standard InChI is InChI=1S/C22H27N3O4S/c1-17-8-9-20-19(14-17)25(30(2,27)28)16-21(29-20)22(26)24-12-10-23(11-13-24)15-18-6-4-3-5-7-18/h3-9,14,21H,10-13,15-16H2,1-2H3/t21-/m0/s1. The summed E-state index contributed by atoms with van der Waals surface area (Å²) in [6, 6.07) is 15.6. The number of aryl methyl sites for hydroxylation is 1. The summed E-state index contributed by atoms with van der Waals surface area (Å²) in [4.78, 5) is 17.2. The number of piperazine rings is 1. The highest BCUT2D eigenvalue weighted by atomic mass is 32.2. The molecule has 0 N–H and O–H groups in total. The zero-order chi connectivity index (χ0) is 21.3. The molecule has 1 amide bonds. The molecule has 2 aromatic carbocycles. The Labute approximate surface area is 177 Å². The van der Waals surface area contributed by atoms with Crippen molar-refractivity contribution in [3.05, 3.63) is 59.7 Å². The van der Waals surface area contributed by atoms with Crippen LogP contribution in [0.2, 0.25) is 0 Å². The van der Waals surface area contributed by atoms with Gasteiger partial charge in [0.15, 0.2) is 6.10 Å². The maximum absolute atomic E-state index is 13.1. The van der Waals surface area contributed by atoms with Gasteiger partial charge in [-0.25, -0.2) is 8.42 Å². The average molecular weight is 430 g/mol. The Morgan fingerprint density at radius 3 is 2.43 bits per heavy atom. The third kappa shape index (κ3) is 4.44. The number of sulfonamides is 1. The summed E-state index contributed by atoms with van der Waals surface area (Å²) in [5.74, 6) is 0.271. The maximum atomic E-state index is 13.1. The van der Waals surface area contributed by atoms with Crippen LogP contribution in [0.5, 0.6) is 5.75 Å². The molecule has 1 fully saturated rings. The molecule has 7 nitrogen and oxygen atoms in total. The summed E-state index contributed by atoms with van der Waals surface area (Å²) in [5, 5.41) is 0. The second-order valence-electron chi connectivity index (χ2n) is 7.96. The summed E-state index contributed by atoms with van der Waals surface area (Å²) in [6.07, 6.45) is 0.324. The number of fused-ring (bicyclic) bond motifs is 1. The number of hydrogen-bond donors (Lipinski definition) is 0. The van der Waals surface area contributed by atoms with Crippen LogP contribution in [0.4, 0.5) is 5.69 Å². The van der Waals surface area contributed by atoms with Crippen LogP contribution in [0.15, 0.2) is 48.5 Å². The Hall–Kier alpha value is -2.58. The molecule has 160 valence electrons. The van der Waals surface area contributed by atoms with E-state index in [2.05, 4.69) is 17.0 Å². The number of ether oxygens (including phenoxy) is 1. The minimum Gasteiger partial charge on any atom is -0.476 e. The smallest absolute Gasteiger partial charge is 0.265 e. The van der Waals surface area contributed by atoms with E-state index in [1.54, 1.807) is 17.0 Å². The van der Waals surface area contributed by atoms with Crippen LogP contribution in [0, 0.1) is 6.92 Å². The topological polar surface area (TPSA) is 70.2 Å². The summed E-state index contributed by atoms with van der Waals surface area (Å²) in [5.41, 5.74) is 2.68. The van der Waals surface area contributed by atoms with Crippen molar-refractivity contribution in [2.45, 2.75) is 19.6 Å². The van der Waals surface area contributed by atoms with Crippen molar-refractivity contribution in [1.29, 1.82) is 0 Å². The quantitative estimate of drug-likeness (QED) is 0.742. The lowest BCUT2D eigenvalue weighted by Crippen LogP contribution is -2.56. The molecule has 2 aliphatic rings. The van der Waals surface area contributed by atoms with Crippen molar-refractivity contribution >= 4 is 21.6 Å². The molecule has 2 aromatic rings. The van der Waals surface area contributed by atoms with Gasteiger partial charge in [-0.1, -0.05) is 36.4 Å². The summed E-state index contributed by atoms with van der Waals surface area (Å²) >= 11 is 0. The first-order chi connectivity index (χ1) is 14.3. The van der Waals surface area contributed by atoms with Crippen LogP contribution in [-0.2, 0) is 21.4 Å². The van der Waals surface area contributed by atoms with Gasteiger partial charge in [0.1, 0.15) is 5.75 Å². The fraction of sp³-hybridized carbons (Fsp3) is 0.409. The molecule has 30 heavy (non-hydrogen) atoms. The molecule has 0 saturated carbocycles. The van der Waals surface area contributed by atoms with Crippen LogP contribution >= 0.6 is 0 Å². The van der Waals surface area contributed by atoms with Gasteiger partial charge in [-0.05, 0) is 30.2 Å². The van der Waals surface area contributed by atoms with Gasteiger partial charge in [-0.3, -0.25) is 14.0 Å². The molecule has 0 aromatic heterocycles. The van der Waals surface area contributed by atoms with Crippen molar-refractivity contribution in [1.82, 2.24) is 9.80 Å². The lowest BCUT2D eigenvalue weighted by atomic mass is 10.1. The molecule has 1 atom stereocenters. The van der Waals surface area contributed by atoms with Crippen molar-refractivity contribution < 1.29 is 17.9 Å². The van der Waals surface area contributed by atoms with E-state index in [0.29, 0.717) is 24.5 Å². The SMILES string of the molecule is Cc1ccc2c(c1)N(S(C)(=O)=O)C[C@@H](C(=O)N1CCN(Cc3ccccc3)CC1)O2. The number of anilines is 1. The third-order valence-electron chi connectivity index (χ3n) is 5.59. The first-order valence-corrected chi connectivity index (χ1v) is 12.0. The Kier molecular flexibility index (Phi) is 5.71. The highest BCUT2D eigenvalue weighted by Gasteiger charge is 2.37. The second-order valence-corrected chi connectivity index (χ2v) is 9.87. The number of amides is 1. The van der Waals surface area contributed by atoms with Gasteiger partial charge in [0, 0.05) is 32.7 Å². The Morgan fingerprint density at radius 2 is 1.77 bits per heavy atom. The van der Waals surface area contributed by atoms with Gasteiger partial charge < -0.3 is 9.64 Å². The Morgan fingerprint density at radius 1 is 1.07 bits per heavy atom. The number of carbonyl (C=O) groups excluding carboxylic acids is 1. The molecule has 8 heteroatoms. The van der Waals surface area contributed by atoms with E-state index < -0.39 is 16.1 Å². The van der Waals surface area contributed by atoms with Crippen LogP contribution in [0.1, 0.15) is 11.1 Å². The van der Waals surface area contributed by atoms with E-state index in [-0.39, 0.29) is 12.5 Å². The molecular weight excluding hydrogens is 402 g/mol. The van der Waals surface area contributed by atoms with Gasteiger partial charge >= 0.3 is 0 Å². The van der Waals surface area contributed by atoms with E-state index in [1.165, 1.54) is 9.87 Å². The Bertz CT molecular complexity index is 1020. The number of carbonyl (C=O) groups is 1. The molecule has 0 spiro atoms. The minimum atomic E-state index is -3.52. The molecule has 4 rings (SSSR count). The van der Waals surface area contributed by atoms with Crippen LogP contribution < -0.4 is 9.04 Å². The number of nitrogens with zero attached hydrogens (tertiary/aromatic N) is 3. The highest BCUT2D eigenvalue weighted by Crippen LogP contribution is 2.36. The van der Waals surface area contributed by atoms with E-state index in [1.807, 2.05) is 31.2 Å². The molecule has 1 saturated heterocycles. The molecule has 0 radical (unpaired) electrons. The molecule has 0 aliphatic carbocycles. The van der Waals surface area contributed by atoms with Gasteiger partial charge in [0.2, 0.25) is 10.0 Å². The molecule has 0 unspecified atom stereocenters.